The van der Waals surface area contributed by atoms with Gasteiger partial charge in [0.15, 0.2) is 11.0 Å². The number of methoxy groups -OCH3 is 1. The third-order valence-corrected chi connectivity index (χ3v) is 4.04. The van der Waals surface area contributed by atoms with Gasteiger partial charge in [-0.25, -0.2) is 0 Å². The highest BCUT2D eigenvalue weighted by Crippen LogP contribution is 2.24. The molecule has 0 bridgehead atoms. The summed E-state index contributed by atoms with van der Waals surface area (Å²) in [5, 5.41) is 9.46. The molecule has 6 heteroatoms. The number of ether oxygens (including phenoxy) is 1. The Hall–Kier alpha value is -2.18. The van der Waals surface area contributed by atoms with Crippen molar-refractivity contribution in [2.75, 3.05) is 13.0 Å². The van der Waals surface area contributed by atoms with Gasteiger partial charge in [-0.05, 0) is 17.7 Å². The van der Waals surface area contributed by atoms with Crippen LogP contribution in [0.25, 0.3) is 11.4 Å². The standard InChI is InChI=1S/C16H16N4OS/c1-21-12-22-16-19-18-15(14-8-5-9-17-10-14)20(16)11-13-6-3-2-4-7-13/h2-10H,11-12H2,1H3. The Balaban J connectivity index is 1.98. The summed E-state index contributed by atoms with van der Waals surface area (Å²) in [6, 6.07) is 14.2. The van der Waals surface area contributed by atoms with E-state index in [1.807, 2.05) is 30.3 Å². The molecule has 112 valence electrons. The highest BCUT2D eigenvalue weighted by Gasteiger charge is 2.14. The van der Waals surface area contributed by atoms with E-state index in [0.717, 1.165) is 16.5 Å². The van der Waals surface area contributed by atoms with E-state index >= 15 is 0 Å². The lowest BCUT2D eigenvalue weighted by Gasteiger charge is -2.10. The van der Waals surface area contributed by atoms with Crippen LogP contribution in [0.2, 0.25) is 0 Å². The summed E-state index contributed by atoms with van der Waals surface area (Å²) in [6.45, 7) is 0.712. The fraction of sp³-hybridized carbons (Fsp3) is 0.188. The average molecular weight is 312 g/mol. The molecule has 0 saturated heterocycles. The molecule has 0 amide bonds. The van der Waals surface area contributed by atoms with Crippen LogP contribution >= 0.6 is 11.8 Å². The number of thioether (sulfide) groups is 1. The normalized spacial score (nSPS) is 10.8. The van der Waals surface area contributed by atoms with Gasteiger partial charge in [-0.1, -0.05) is 42.1 Å². The monoisotopic (exact) mass is 312 g/mol. The van der Waals surface area contributed by atoms with E-state index in [-0.39, 0.29) is 0 Å². The number of hydrogen-bond acceptors (Lipinski definition) is 5. The lowest BCUT2D eigenvalue weighted by atomic mass is 10.2. The van der Waals surface area contributed by atoms with E-state index < -0.39 is 0 Å². The van der Waals surface area contributed by atoms with Crippen LogP contribution in [0, 0.1) is 0 Å². The number of benzene rings is 1. The van der Waals surface area contributed by atoms with Crippen molar-refractivity contribution >= 4 is 11.8 Å². The Morgan fingerprint density at radius 3 is 2.68 bits per heavy atom. The van der Waals surface area contributed by atoms with Crippen molar-refractivity contribution < 1.29 is 4.74 Å². The molecule has 1 aromatic carbocycles. The van der Waals surface area contributed by atoms with Gasteiger partial charge in [-0.3, -0.25) is 9.55 Å². The van der Waals surface area contributed by atoms with E-state index in [0.29, 0.717) is 12.5 Å². The summed E-state index contributed by atoms with van der Waals surface area (Å²) in [4.78, 5) is 4.17. The largest absolute Gasteiger partial charge is 0.374 e. The van der Waals surface area contributed by atoms with E-state index in [1.54, 1.807) is 19.5 Å². The SMILES string of the molecule is COCSc1nnc(-c2cccnc2)n1Cc1ccccc1. The summed E-state index contributed by atoms with van der Waals surface area (Å²) in [6.07, 6.45) is 3.55. The minimum Gasteiger partial charge on any atom is -0.374 e. The molecule has 2 aromatic heterocycles. The van der Waals surface area contributed by atoms with Gasteiger partial charge in [-0.15, -0.1) is 10.2 Å². The number of nitrogens with zero attached hydrogens (tertiary/aromatic N) is 4. The van der Waals surface area contributed by atoms with Crippen molar-refractivity contribution in [3.05, 3.63) is 60.4 Å². The van der Waals surface area contributed by atoms with Gasteiger partial charge in [0.1, 0.15) is 0 Å². The molecular weight excluding hydrogens is 296 g/mol. The highest BCUT2D eigenvalue weighted by molar-refractivity contribution is 7.99. The molecule has 2 heterocycles. The summed E-state index contributed by atoms with van der Waals surface area (Å²) in [7, 11) is 1.67. The smallest absolute Gasteiger partial charge is 0.194 e. The van der Waals surface area contributed by atoms with Gasteiger partial charge in [-0.2, -0.15) is 0 Å². The van der Waals surface area contributed by atoms with Gasteiger partial charge < -0.3 is 4.74 Å². The van der Waals surface area contributed by atoms with Crippen LogP contribution in [-0.2, 0) is 11.3 Å². The molecule has 0 spiro atoms. The minimum absolute atomic E-state index is 0.542. The fourth-order valence-corrected chi connectivity index (χ4v) is 2.75. The quantitative estimate of drug-likeness (QED) is 0.517. The van der Waals surface area contributed by atoms with Crippen LogP contribution < -0.4 is 0 Å². The molecule has 0 aliphatic carbocycles. The van der Waals surface area contributed by atoms with Gasteiger partial charge in [0.25, 0.3) is 0 Å². The lowest BCUT2D eigenvalue weighted by Crippen LogP contribution is -2.04. The molecule has 0 unspecified atom stereocenters. The Kier molecular flexibility index (Phi) is 4.82. The Morgan fingerprint density at radius 2 is 1.95 bits per heavy atom. The highest BCUT2D eigenvalue weighted by atomic mass is 32.2. The molecule has 3 rings (SSSR count). The maximum Gasteiger partial charge on any atom is 0.194 e. The lowest BCUT2D eigenvalue weighted by molar-refractivity contribution is 0.258. The molecule has 0 saturated carbocycles. The second-order valence-corrected chi connectivity index (χ2v) is 5.56. The van der Waals surface area contributed by atoms with Crippen LogP contribution in [0.3, 0.4) is 0 Å². The van der Waals surface area contributed by atoms with E-state index in [4.69, 9.17) is 4.74 Å². The van der Waals surface area contributed by atoms with Crippen LogP contribution in [0.5, 0.6) is 0 Å². The minimum atomic E-state index is 0.542. The first-order valence-corrected chi connectivity index (χ1v) is 7.86. The van der Waals surface area contributed by atoms with Crippen LogP contribution in [0.4, 0.5) is 0 Å². The maximum absolute atomic E-state index is 5.14. The van der Waals surface area contributed by atoms with E-state index in [1.165, 1.54) is 17.3 Å². The number of pyridine rings is 1. The maximum atomic E-state index is 5.14. The summed E-state index contributed by atoms with van der Waals surface area (Å²) in [5.74, 6) is 1.36. The molecule has 5 nitrogen and oxygen atoms in total. The molecule has 0 atom stereocenters. The van der Waals surface area contributed by atoms with Gasteiger partial charge >= 0.3 is 0 Å². The van der Waals surface area contributed by atoms with E-state index in [9.17, 15) is 0 Å². The van der Waals surface area contributed by atoms with Crippen molar-refractivity contribution in [2.45, 2.75) is 11.7 Å². The first kappa shape index (κ1) is 14.7. The third-order valence-electron chi connectivity index (χ3n) is 3.13. The Morgan fingerprint density at radius 1 is 1.09 bits per heavy atom. The van der Waals surface area contributed by atoms with Crippen molar-refractivity contribution in [3.63, 3.8) is 0 Å². The zero-order valence-corrected chi connectivity index (χ0v) is 13.0. The van der Waals surface area contributed by atoms with Crippen molar-refractivity contribution in [1.29, 1.82) is 0 Å². The first-order chi connectivity index (χ1) is 10.9. The zero-order valence-electron chi connectivity index (χ0n) is 12.2. The van der Waals surface area contributed by atoms with Crippen molar-refractivity contribution in [1.82, 2.24) is 19.7 Å². The van der Waals surface area contributed by atoms with Crippen molar-refractivity contribution in [3.8, 4) is 11.4 Å². The molecule has 0 N–H and O–H groups in total. The van der Waals surface area contributed by atoms with Crippen LogP contribution in [-0.4, -0.2) is 32.8 Å². The topological polar surface area (TPSA) is 52.8 Å². The predicted molar refractivity (Wildman–Crippen MR) is 86.5 cm³/mol. The first-order valence-electron chi connectivity index (χ1n) is 6.88. The second kappa shape index (κ2) is 7.20. The van der Waals surface area contributed by atoms with Crippen LogP contribution in [0.1, 0.15) is 5.56 Å². The molecule has 0 aliphatic heterocycles. The van der Waals surface area contributed by atoms with Gasteiger partial charge in [0.05, 0.1) is 12.5 Å². The fourth-order valence-electron chi connectivity index (χ4n) is 2.12. The Bertz CT molecular complexity index is 716. The molecule has 3 aromatic rings. The molecular formula is C16H16N4OS. The van der Waals surface area contributed by atoms with Gasteiger partial charge in [0.2, 0.25) is 0 Å². The molecule has 0 fully saturated rings. The Labute approximate surface area is 133 Å². The molecule has 0 radical (unpaired) electrons. The van der Waals surface area contributed by atoms with Crippen LogP contribution in [0.15, 0.2) is 60.0 Å². The average Bonchev–Trinajstić information content (AvgIpc) is 2.97. The van der Waals surface area contributed by atoms with Crippen molar-refractivity contribution in [2.24, 2.45) is 0 Å². The summed E-state index contributed by atoms with van der Waals surface area (Å²) in [5.41, 5.74) is 2.15. The molecule has 0 aliphatic rings. The third kappa shape index (κ3) is 3.35. The predicted octanol–water partition coefficient (Wildman–Crippen LogP) is 3.08. The van der Waals surface area contributed by atoms with E-state index in [2.05, 4.69) is 31.9 Å². The number of aromatic nitrogens is 4. The summed E-state index contributed by atoms with van der Waals surface area (Å²) >= 11 is 1.53. The number of rotatable bonds is 6. The van der Waals surface area contributed by atoms with Gasteiger partial charge in [0, 0.05) is 25.1 Å². The second-order valence-electron chi connectivity index (χ2n) is 4.67. The summed E-state index contributed by atoms with van der Waals surface area (Å²) < 4.78 is 7.23. The molecule has 22 heavy (non-hydrogen) atoms. The number of hydrogen-bond donors (Lipinski definition) is 0. The zero-order chi connectivity index (χ0) is 15.2.